The molecule has 0 aliphatic carbocycles. The molecule has 5 heteroatoms. The van der Waals surface area contributed by atoms with Crippen molar-refractivity contribution in [2.75, 3.05) is 26.2 Å². The minimum atomic E-state index is 0. The summed E-state index contributed by atoms with van der Waals surface area (Å²) in [4.78, 5) is 17.3. The molecule has 4 nitrogen and oxygen atoms in total. The van der Waals surface area contributed by atoms with E-state index in [9.17, 15) is 4.79 Å². The zero-order valence-electron chi connectivity index (χ0n) is 14.8. The molecule has 0 spiro atoms. The molecular weight excluding hydrogens is 348 g/mol. The van der Waals surface area contributed by atoms with Crippen LogP contribution in [0.15, 0.2) is 54.6 Å². The quantitative estimate of drug-likeness (QED) is 0.805. The first-order valence-electron chi connectivity index (χ1n) is 9.16. The Morgan fingerprint density at radius 3 is 2.23 bits per heavy atom. The molecule has 1 atom stereocenters. The van der Waals surface area contributed by atoms with Crippen LogP contribution in [0, 0.1) is 0 Å². The Morgan fingerprint density at radius 1 is 0.885 bits per heavy atom. The van der Waals surface area contributed by atoms with Crippen LogP contribution < -0.4 is 4.74 Å². The molecule has 4 rings (SSSR count). The number of ether oxygens (including phenoxy) is 1. The van der Waals surface area contributed by atoms with Crippen LogP contribution in [0.1, 0.15) is 29.6 Å². The topological polar surface area (TPSA) is 32.8 Å². The minimum absolute atomic E-state index is 0. The van der Waals surface area contributed by atoms with Gasteiger partial charge in [-0.2, -0.15) is 0 Å². The highest BCUT2D eigenvalue weighted by Gasteiger charge is 2.31. The van der Waals surface area contributed by atoms with Crippen LogP contribution in [0.25, 0.3) is 0 Å². The van der Waals surface area contributed by atoms with Crippen molar-refractivity contribution in [2.24, 2.45) is 0 Å². The molecule has 2 heterocycles. The lowest BCUT2D eigenvalue weighted by atomic mass is 10.2. The summed E-state index contributed by atoms with van der Waals surface area (Å²) in [6, 6.07) is 17.7. The highest BCUT2D eigenvalue weighted by Crippen LogP contribution is 2.24. The molecular formula is C21H25ClN2O2. The van der Waals surface area contributed by atoms with Gasteiger partial charge in [-0.3, -0.25) is 9.69 Å². The van der Waals surface area contributed by atoms with Crippen LogP contribution >= 0.6 is 12.4 Å². The fourth-order valence-corrected chi connectivity index (χ4v) is 3.80. The van der Waals surface area contributed by atoms with E-state index in [1.54, 1.807) is 0 Å². The first-order valence-corrected chi connectivity index (χ1v) is 9.16. The van der Waals surface area contributed by atoms with Crippen molar-refractivity contribution in [3.63, 3.8) is 0 Å². The first-order chi connectivity index (χ1) is 12.3. The van der Waals surface area contributed by atoms with Crippen LogP contribution in [0.3, 0.4) is 0 Å². The molecule has 2 fully saturated rings. The zero-order chi connectivity index (χ0) is 17.1. The third-order valence-electron chi connectivity index (χ3n) is 5.19. The van der Waals surface area contributed by atoms with E-state index in [-0.39, 0.29) is 18.3 Å². The van der Waals surface area contributed by atoms with Crippen LogP contribution in [0.5, 0.6) is 11.5 Å². The fourth-order valence-electron chi connectivity index (χ4n) is 3.80. The summed E-state index contributed by atoms with van der Waals surface area (Å²) in [7, 11) is 0. The van der Waals surface area contributed by atoms with E-state index in [1.165, 1.54) is 25.9 Å². The number of para-hydroxylation sites is 1. The highest BCUT2D eigenvalue weighted by atomic mass is 35.5. The van der Waals surface area contributed by atoms with Gasteiger partial charge in [0.05, 0.1) is 0 Å². The van der Waals surface area contributed by atoms with Gasteiger partial charge in [-0.1, -0.05) is 18.2 Å². The number of benzene rings is 2. The summed E-state index contributed by atoms with van der Waals surface area (Å²) < 4.78 is 5.79. The van der Waals surface area contributed by atoms with Gasteiger partial charge in [0.1, 0.15) is 11.5 Å². The van der Waals surface area contributed by atoms with Crippen LogP contribution in [0.2, 0.25) is 0 Å². The molecule has 2 aliphatic rings. The summed E-state index contributed by atoms with van der Waals surface area (Å²) in [6.45, 7) is 4.11. The summed E-state index contributed by atoms with van der Waals surface area (Å²) in [5, 5.41) is 0. The Hall–Kier alpha value is -2.04. The number of hydrogen-bond donors (Lipinski definition) is 0. The van der Waals surface area contributed by atoms with Gasteiger partial charge >= 0.3 is 0 Å². The maximum absolute atomic E-state index is 12.7. The van der Waals surface area contributed by atoms with E-state index >= 15 is 0 Å². The van der Waals surface area contributed by atoms with Gasteiger partial charge < -0.3 is 9.64 Å². The van der Waals surface area contributed by atoms with Crippen LogP contribution in [-0.4, -0.2) is 47.9 Å². The van der Waals surface area contributed by atoms with Gasteiger partial charge in [0.25, 0.3) is 5.91 Å². The van der Waals surface area contributed by atoms with Crippen molar-refractivity contribution in [3.8, 4) is 11.5 Å². The SMILES string of the molecule is Cl.O=C(c1ccc(Oc2ccccc2)cc1)N1CC[C@H](N2CCCC2)C1. The van der Waals surface area contributed by atoms with Gasteiger partial charge in [-0.15, -0.1) is 12.4 Å². The number of halogens is 1. The van der Waals surface area contributed by atoms with Crippen molar-refractivity contribution in [2.45, 2.75) is 25.3 Å². The Bertz CT molecular complexity index is 715. The summed E-state index contributed by atoms with van der Waals surface area (Å²) in [6.07, 6.45) is 3.70. The van der Waals surface area contributed by atoms with Crippen LogP contribution in [0.4, 0.5) is 0 Å². The molecule has 0 aromatic heterocycles. The second-order valence-electron chi connectivity index (χ2n) is 6.88. The summed E-state index contributed by atoms with van der Waals surface area (Å²) in [5.41, 5.74) is 0.738. The number of hydrogen-bond acceptors (Lipinski definition) is 3. The number of nitrogens with zero attached hydrogens (tertiary/aromatic N) is 2. The summed E-state index contributed by atoms with van der Waals surface area (Å²) in [5.74, 6) is 1.68. The van der Waals surface area contributed by atoms with Gasteiger partial charge in [0.15, 0.2) is 0 Å². The van der Waals surface area contributed by atoms with E-state index in [0.29, 0.717) is 6.04 Å². The Balaban J connectivity index is 0.00000196. The second-order valence-corrected chi connectivity index (χ2v) is 6.88. The van der Waals surface area contributed by atoms with Crippen molar-refractivity contribution in [1.82, 2.24) is 9.80 Å². The molecule has 138 valence electrons. The van der Waals surface area contributed by atoms with Crippen LogP contribution in [-0.2, 0) is 0 Å². The Morgan fingerprint density at radius 2 is 1.54 bits per heavy atom. The third kappa shape index (κ3) is 4.19. The maximum atomic E-state index is 12.7. The zero-order valence-corrected chi connectivity index (χ0v) is 15.7. The summed E-state index contributed by atoms with van der Waals surface area (Å²) >= 11 is 0. The Kier molecular flexibility index (Phi) is 6.17. The average molecular weight is 373 g/mol. The van der Waals surface area contributed by atoms with E-state index in [2.05, 4.69) is 4.90 Å². The lowest BCUT2D eigenvalue weighted by Crippen LogP contribution is -2.37. The van der Waals surface area contributed by atoms with E-state index in [4.69, 9.17) is 4.74 Å². The molecule has 2 saturated heterocycles. The predicted molar refractivity (Wildman–Crippen MR) is 105 cm³/mol. The third-order valence-corrected chi connectivity index (χ3v) is 5.19. The van der Waals surface area contributed by atoms with Gasteiger partial charge in [0, 0.05) is 24.7 Å². The first kappa shape index (κ1) is 18.7. The number of likely N-dealkylation sites (tertiary alicyclic amines) is 2. The van der Waals surface area contributed by atoms with E-state index in [1.807, 2.05) is 59.5 Å². The molecule has 2 aromatic rings. The number of carbonyl (C=O) groups excluding carboxylic acids is 1. The lowest BCUT2D eigenvalue weighted by molar-refractivity contribution is 0.0780. The minimum Gasteiger partial charge on any atom is -0.457 e. The monoisotopic (exact) mass is 372 g/mol. The van der Waals surface area contributed by atoms with E-state index < -0.39 is 0 Å². The maximum Gasteiger partial charge on any atom is 0.253 e. The van der Waals surface area contributed by atoms with Gasteiger partial charge in [-0.05, 0) is 68.8 Å². The van der Waals surface area contributed by atoms with Crippen molar-refractivity contribution in [1.29, 1.82) is 0 Å². The average Bonchev–Trinajstić information content (AvgIpc) is 3.34. The second kappa shape index (κ2) is 8.56. The largest absolute Gasteiger partial charge is 0.457 e. The number of carbonyl (C=O) groups is 1. The molecule has 0 saturated carbocycles. The van der Waals surface area contributed by atoms with Crippen molar-refractivity contribution >= 4 is 18.3 Å². The van der Waals surface area contributed by atoms with Gasteiger partial charge in [0.2, 0.25) is 0 Å². The molecule has 0 bridgehead atoms. The Labute approximate surface area is 161 Å². The smallest absolute Gasteiger partial charge is 0.253 e. The molecule has 0 N–H and O–H groups in total. The normalized spacial score (nSPS) is 20.0. The lowest BCUT2D eigenvalue weighted by Gasteiger charge is -2.23. The number of amides is 1. The van der Waals surface area contributed by atoms with Crippen molar-refractivity contribution < 1.29 is 9.53 Å². The molecule has 26 heavy (non-hydrogen) atoms. The molecule has 1 amide bonds. The standard InChI is InChI=1S/C21H24N2O2.ClH/c24-21(23-15-12-18(16-23)22-13-4-5-14-22)17-8-10-20(11-9-17)25-19-6-2-1-3-7-19;/h1-3,6-11,18H,4-5,12-16H2;1H/t18-;/m0./s1. The van der Waals surface area contributed by atoms with Crippen molar-refractivity contribution in [3.05, 3.63) is 60.2 Å². The molecule has 2 aliphatic heterocycles. The predicted octanol–water partition coefficient (Wildman–Crippen LogP) is 4.21. The molecule has 0 radical (unpaired) electrons. The number of rotatable bonds is 4. The van der Waals surface area contributed by atoms with E-state index in [0.717, 1.165) is 36.6 Å². The van der Waals surface area contributed by atoms with Gasteiger partial charge in [-0.25, -0.2) is 0 Å². The molecule has 2 aromatic carbocycles. The highest BCUT2D eigenvalue weighted by molar-refractivity contribution is 5.94. The fraction of sp³-hybridized carbons (Fsp3) is 0.381. The molecule has 0 unspecified atom stereocenters.